The number of ether oxygens (including phenoxy) is 1. The Morgan fingerprint density at radius 2 is 1.90 bits per heavy atom. The quantitative estimate of drug-likeness (QED) is 0.912. The summed E-state index contributed by atoms with van der Waals surface area (Å²) in [5.74, 6) is 0.678. The molecule has 0 bridgehead atoms. The average molecular weight is 269 g/mol. The number of nitrogens with one attached hydrogen (secondary N) is 1. The highest BCUT2D eigenvalue weighted by molar-refractivity contribution is 5.83. The molecule has 2 unspecified atom stereocenters. The van der Waals surface area contributed by atoms with Gasteiger partial charge < -0.3 is 10.1 Å². The number of rotatable bonds is 3. The Bertz CT molecular complexity index is 578. The maximum absolute atomic E-state index is 6.27. The lowest BCUT2D eigenvalue weighted by Crippen LogP contribution is -2.41. The van der Waals surface area contributed by atoms with Crippen LogP contribution in [0.15, 0.2) is 42.5 Å². The Balaban J connectivity index is 1.79. The van der Waals surface area contributed by atoms with Crippen LogP contribution >= 0.6 is 0 Å². The highest BCUT2D eigenvalue weighted by Crippen LogP contribution is 2.26. The van der Waals surface area contributed by atoms with Gasteiger partial charge in [-0.1, -0.05) is 50.2 Å². The van der Waals surface area contributed by atoms with Gasteiger partial charge in [0, 0.05) is 13.1 Å². The van der Waals surface area contributed by atoms with Gasteiger partial charge in [0.25, 0.3) is 0 Å². The number of fused-ring (bicyclic) bond motifs is 1. The summed E-state index contributed by atoms with van der Waals surface area (Å²) >= 11 is 0. The minimum Gasteiger partial charge on any atom is -0.368 e. The van der Waals surface area contributed by atoms with E-state index in [1.165, 1.54) is 16.3 Å². The van der Waals surface area contributed by atoms with E-state index < -0.39 is 0 Å². The molecule has 2 heteroatoms. The second-order valence-electron chi connectivity index (χ2n) is 6.14. The first kappa shape index (κ1) is 13.6. The van der Waals surface area contributed by atoms with Crippen LogP contribution in [-0.4, -0.2) is 19.2 Å². The van der Waals surface area contributed by atoms with Crippen molar-refractivity contribution in [3.63, 3.8) is 0 Å². The van der Waals surface area contributed by atoms with E-state index in [1.807, 2.05) is 0 Å². The van der Waals surface area contributed by atoms with Gasteiger partial charge in [0.1, 0.15) is 0 Å². The number of benzene rings is 2. The molecular formula is C18H23NO. The molecule has 1 aliphatic heterocycles. The van der Waals surface area contributed by atoms with Crippen LogP contribution in [0, 0.1) is 5.92 Å². The molecule has 1 fully saturated rings. The zero-order chi connectivity index (χ0) is 13.9. The molecule has 20 heavy (non-hydrogen) atoms. The van der Waals surface area contributed by atoms with E-state index in [2.05, 4.69) is 61.6 Å². The Hall–Kier alpha value is -1.38. The third-order valence-electron chi connectivity index (χ3n) is 3.94. The van der Waals surface area contributed by atoms with Gasteiger partial charge in [-0.05, 0) is 34.7 Å². The number of hydrogen-bond acceptors (Lipinski definition) is 2. The van der Waals surface area contributed by atoms with Crippen LogP contribution < -0.4 is 5.32 Å². The molecule has 0 spiro atoms. The largest absolute Gasteiger partial charge is 0.368 e. The molecule has 2 atom stereocenters. The first-order chi connectivity index (χ1) is 9.72. The van der Waals surface area contributed by atoms with Crippen LogP contribution in [0.25, 0.3) is 10.8 Å². The van der Waals surface area contributed by atoms with E-state index in [0.29, 0.717) is 12.0 Å². The van der Waals surface area contributed by atoms with Gasteiger partial charge in [-0.15, -0.1) is 0 Å². The fraction of sp³-hybridized carbons (Fsp3) is 0.444. The molecule has 0 radical (unpaired) electrons. The molecule has 2 aromatic rings. The minimum absolute atomic E-state index is 0.178. The summed E-state index contributed by atoms with van der Waals surface area (Å²) in [5.41, 5.74) is 1.28. The van der Waals surface area contributed by atoms with Crippen LogP contribution in [-0.2, 0) is 4.74 Å². The van der Waals surface area contributed by atoms with Crippen molar-refractivity contribution in [2.75, 3.05) is 13.1 Å². The summed E-state index contributed by atoms with van der Waals surface area (Å²) in [6.07, 6.45) is 1.63. The summed E-state index contributed by atoms with van der Waals surface area (Å²) in [6, 6.07) is 15.2. The van der Waals surface area contributed by atoms with E-state index in [1.54, 1.807) is 0 Å². The highest BCUT2D eigenvalue weighted by Gasteiger charge is 2.23. The molecule has 2 nitrogen and oxygen atoms in total. The summed E-state index contributed by atoms with van der Waals surface area (Å²) in [6.45, 7) is 6.39. The van der Waals surface area contributed by atoms with Crippen LogP contribution in [0.3, 0.4) is 0 Å². The number of hydrogen-bond donors (Lipinski definition) is 1. The van der Waals surface area contributed by atoms with Crippen molar-refractivity contribution in [1.29, 1.82) is 0 Å². The van der Waals surface area contributed by atoms with Crippen molar-refractivity contribution in [2.24, 2.45) is 5.92 Å². The maximum Gasteiger partial charge on any atom is 0.0953 e. The van der Waals surface area contributed by atoms with Crippen molar-refractivity contribution in [1.82, 2.24) is 5.32 Å². The molecule has 0 saturated carbocycles. The van der Waals surface area contributed by atoms with Crippen LogP contribution in [0.1, 0.15) is 31.9 Å². The first-order valence-electron chi connectivity index (χ1n) is 7.57. The molecule has 0 amide bonds. The third kappa shape index (κ3) is 3.02. The van der Waals surface area contributed by atoms with Crippen LogP contribution in [0.4, 0.5) is 0 Å². The van der Waals surface area contributed by atoms with Gasteiger partial charge >= 0.3 is 0 Å². The number of morpholine rings is 1. The average Bonchev–Trinajstić information content (AvgIpc) is 2.46. The van der Waals surface area contributed by atoms with E-state index >= 15 is 0 Å². The molecular weight excluding hydrogens is 246 g/mol. The van der Waals surface area contributed by atoms with Gasteiger partial charge in [-0.2, -0.15) is 0 Å². The summed E-state index contributed by atoms with van der Waals surface area (Å²) in [5, 5.41) is 6.09. The fourth-order valence-corrected chi connectivity index (χ4v) is 2.97. The van der Waals surface area contributed by atoms with Crippen LogP contribution in [0.5, 0.6) is 0 Å². The molecule has 0 aliphatic carbocycles. The molecule has 0 aromatic heterocycles. The van der Waals surface area contributed by atoms with Crippen molar-refractivity contribution in [3.05, 3.63) is 48.0 Å². The zero-order valence-corrected chi connectivity index (χ0v) is 12.3. The molecule has 1 aliphatic rings. The Kier molecular flexibility index (Phi) is 4.04. The predicted octanol–water partition coefficient (Wildman–Crippen LogP) is 3.92. The Labute approximate surface area is 121 Å². The summed E-state index contributed by atoms with van der Waals surface area (Å²) in [7, 11) is 0. The monoisotopic (exact) mass is 269 g/mol. The summed E-state index contributed by atoms with van der Waals surface area (Å²) in [4.78, 5) is 0. The minimum atomic E-state index is 0.178. The van der Waals surface area contributed by atoms with Crippen molar-refractivity contribution in [3.8, 4) is 0 Å². The lowest BCUT2D eigenvalue weighted by molar-refractivity contribution is -0.0473. The lowest BCUT2D eigenvalue weighted by Gasteiger charge is -2.32. The standard InChI is InChI=1S/C18H23NO/c1-13(2)9-17-11-19-12-18(20-17)16-8-7-14-5-3-4-6-15(14)10-16/h3-8,10,13,17-19H,9,11-12H2,1-2H3. The van der Waals surface area contributed by atoms with E-state index in [9.17, 15) is 0 Å². The summed E-state index contributed by atoms with van der Waals surface area (Å²) < 4.78 is 6.27. The maximum atomic E-state index is 6.27. The SMILES string of the molecule is CC(C)CC1CNCC(c2ccc3ccccc3c2)O1. The van der Waals surface area contributed by atoms with Gasteiger partial charge in [-0.25, -0.2) is 0 Å². The van der Waals surface area contributed by atoms with E-state index in [0.717, 1.165) is 19.5 Å². The smallest absolute Gasteiger partial charge is 0.0953 e. The van der Waals surface area contributed by atoms with Crippen molar-refractivity contribution >= 4 is 10.8 Å². The molecule has 1 saturated heterocycles. The molecule has 1 heterocycles. The van der Waals surface area contributed by atoms with Crippen molar-refractivity contribution < 1.29 is 4.74 Å². The topological polar surface area (TPSA) is 21.3 Å². The zero-order valence-electron chi connectivity index (χ0n) is 12.3. The molecule has 1 N–H and O–H groups in total. The normalized spacial score (nSPS) is 23.4. The fourth-order valence-electron chi connectivity index (χ4n) is 2.97. The second kappa shape index (κ2) is 5.94. The van der Waals surface area contributed by atoms with Crippen LogP contribution in [0.2, 0.25) is 0 Å². The van der Waals surface area contributed by atoms with E-state index in [-0.39, 0.29) is 6.10 Å². The lowest BCUT2D eigenvalue weighted by atomic mass is 10.0. The molecule has 3 rings (SSSR count). The first-order valence-corrected chi connectivity index (χ1v) is 7.57. The highest BCUT2D eigenvalue weighted by atomic mass is 16.5. The Morgan fingerprint density at radius 3 is 2.70 bits per heavy atom. The van der Waals surface area contributed by atoms with Crippen molar-refractivity contribution in [2.45, 2.75) is 32.5 Å². The second-order valence-corrected chi connectivity index (χ2v) is 6.14. The molecule has 2 aromatic carbocycles. The van der Waals surface area contributed by atoms with E-state index in [4.69, 9.17) is 4.74 Å². The third-order valence-corrected chi connectivity index (χ3v) is 3.94. The predicted molar refractivity (Wildman–Crippen MR) is 83.9 cm³/mol. The van der Waals surface area contributed by atoms with Gasteiger partial charge in [0.2, 0.25) is 0 Å². The van der Waals surface area contributed by atoms with Gasteiger partial charge in [0.15, 0.2) is 0 Å². The Morgan fingerprint density at radius 1 is 1.10 bits per heavy atom. The molecule has 106 valence electrons. The van der Waals surface area contributed by atoms with Gasteiger partial charge in [0.05, 0.1) is 12.2 Å². The van der Waals surface area contributed by atoms with Gasteiger partial charge in [-0.3, -0.25) is 0 Å².